The summed E-state index contributed by atoms with van der Waals surface area (Å²) in [5, 5.41) is 0. The van der Waals surface area contributed by atoms with E-state index in [-0.39, 0.29) is 5.41 Å². The van der Waals surface area contributed by atoms with E-state index in [1.165, 1.54) is 5.56 Å². The van der Waals surface area contributed by atoms with Crippen molar-refractivity contribution in [2.45, 2.75) is 32.6 Å². The van der Waals surface area contributed by atoms with E-state index in [2.05, 4.69) is 48.8 Å². The fraction of sp³-hybridized carbons (Fsp3) is 0.294. The summed E-state index contributed by atoms with van der Waals surface area (Å²) < 4.78 is 6.79. The van der Waals surface area contributed by atoms with Crippen molar-refractivity contribution in [3.8, 4) is 11.5 Å². The van der Waals surface area contributed by atoms with E-state index in [4.69, 9.17) is 10.5 Å². The van der Waals surface area contributed by atoms with Gasteiger partial charge in [0, 0.05) is 4.47 Å². The average molecular weight is 334 g/mol. The standard InChI is InChI=1S/C17H20BrNO/c1-4-17(2,3)12-5-8-14(9-6-12)20-16-11-13(18)7-10-15(16)19/h5-11H,4,19H2,1-3H3. The molecule has 0 saturated carbocycles. The lowest BCUT2D eigenvalue weighted by molar-refractivity contribution is 0.480. The molecule has 0 unspecified atom stereocenters. The lowest BCUT2D eigenvalue weighted by atomic mass is 9.82. The number of hydrogen-bond acceptors (Lipinski definition) is 2. The summed E-state index contributed by atoms with van der Waals surface area (Å²) >= 11 is 3.42. The average Bonchev–Trinajstić information content (AvgIpc) is 2.43. The second-order valence-corrected chi connectivity index (χ2v) is 6.46. The van der Waals surface area contributed by atoms with E-state index in [0.717, 1.165) is 16.6 Å². The molecule has 20 heavy (non-hydrogen) atoms. The van der Waals surface area contributed by atoms with Crippen LogP contribution in [0.3, 0.4) is 0 Å². The third kappa shape index (κ3) is 3.34. The van der Waals surface area contributed by atoms with Gasteiger partial charge in [0.25, 0.3) is 0 Å². The Kier molecular flexibility index (Phi) is 4.39. The number of halogens is 1. The van der Waals surface area contributed by atoms with Crippen LogP contribution in [0.5, 0.6) is 11.5 Å². The van der Waals surface area contributed by atoms with Crippen molar-refractivity contribution < 1.29 is 4.74 Å². The first-order chi connectivity index (χ1) is 9.42. The monoisotopic (exact) mass is 333 g/mol. The minimum Gasteiger partial charge on any atom is -0.455 e. The molecule has 0 aliphatic heterocycles. The zero-order valence-corrected chi connectivity index (χ0v) is 13.7. The van der Waals surface area contributed by atoms with Crippen LogP contribution in [0.15, 0.2) is 46.9 Å². The quantitative estimate of drug-likeness (QED) is 0.748. The molecule has 106 valence electrons. The van der Waals surface area contributed by atoms with Gasteiger partial charge in [-0.15, -0.1) is 0 Å². The summed E-state index contributed by atoms with van der Waals surface area (Å²) in [6, 6.07) is 13.8. The summed E-state index contributed by atoms with van der Waals surface area (Å²) in [6.45, 7) is 6.69. The second kappa shape index (κ2) is 5.88. The van der Waals surface area contributed by atoms with E-state index < -0.39 is 0 Å². The molecular formula is C17H20BrNO. The van der Waals surface area contributed by atoms with Gasteiger partial charge in [0.2, 0.25) is 0 Å². The van der Waals surface area contributed by atoms with Crippen LogP contribution in [0.25, 0.3) is 0 Å². The van der Waals surface area contributed by atoms with Crippen molar-refractivity contribution in [1.82, 2.24) is 0 Å². The van der Waals surface area contributed by atoms with Crippen molar-refractivity contribution >= 4 is 21.6 Å². The summed E-state index contributed by atoms with van der Waals surface area (Å²) in [7, 11) is 0. The van der Waals surface area contributed by atoms with Gasteiger partial charge in [-0.2, -0.15) is 0 Å². The largest absolute Gasteiger partial charge is 0.455 e. The maximum atomic E-state index is 5.91. The zero-order chi connectivity index (χ0) is 14.8. The van der Waals surface area contributed by atoms with E-state index in [1.807, 2.05) is 30.3 Å². The number of hydrogen-bond donors (Lipinski definition) is 1. The summed E-state index contributed by atoms with van der Waals surface area (Å²) in [5.41, 5.74) is 8.05. The van der Waals surface area contributed by atoms with E-state index in [9.17, 15) is 0 Å². The third-order valence-corrected chi connectivity index (χ3v) is 4.22. The van der Waals surface area contributed by atoms with Gasteiger partial charge < -0.3 is 10.5 Å². The highest BCUT2D eigenvalue weighted by Gasteiger charge is 2.17. The fourth-order valence-corrected chi connectivity index (χ4v) is 2.24. The molecule has 0 amide bonds. The molecule has 2 aromatic carbocycles. The van der Waals surface area contributed by atoms with Crippen LogP contribution < -0.4 is 10.5 Å². The Morgan fingerprint density at radius 1 is 1.10 bits per heavy atom. The van der Waals surface area contributed by atoms with Crippen molar-refractivity contribution in [2.24, 2.45) is 0 Å². The van der Waals surface area contributed by atoms with E-state index in [0.29, 0.717) is 11.4 Å². The Bertz CT molecular complexity index is 590. The highest BCUT2D eigenvalue weighted by atomic mass is 79.9. The van der Waals surface area contributed by atoms with Gasteiger partial charge in [-0.3, -0.25) is 0 Å². The molecule has 0 radical (unpaired) electrons. The molecular weight excluding hydrogens is 314 g/mol. The van der Waals surface area contributed by atoms with Crippen molar-refractivity contribution in [3.63, 3.8) is 0 Å². The lowest BCUT2D eigenvalue weighted by Crippen LogP contribution is -2.14. The SMILES string of the molecule is CCC(C)(C)c1ccc(Oc2cc(Br)ccc2N)cc1. The number of nitrogens with two attached hydrogens (primary N) is 1. The predicted octanol–water partition coefficient (Wildman–Crippen LogP) is 5.51. The first kappa shape index (κ1) is 14.9. The van der Waals surface area contributed by atoms with Crippen LogP contribution in [0.2, 0.25) is 0 Å². The van der Waals surface area contributed by atoms with Crippen LogP contribution in [0.4, 0.5) is 5.69 Å². The maximum absolute atomic E-state index is 5.91. The Morgan fingerprint density at radius 2 is 1.75 bits per heavy atom. The Labute approximate surface area is 129 Å². The lowest BCUT2D eigenvalue weighted by Gasteiger charge is -2.23. The first-order valence-electron chi connectivity index (χ1n) is 6.76. The second-order valence-electron chi connectivity index (χ2n) is 5.55. The third-order valence-electron chi connectivity index (χ3n) is 3.72. The van der Waals surface area contributed by atoms with Crippen LogP contribution in [-0.2, 0) is 5.41 Å². The van der Waals surface area contributed by atoms with E-state index in [1.54, 1.807) is 0 Å². The molecule has 0 atom stereocenters. The molecule has 0 aliphatic carbocycles. The van der Waals surface area contributed by atoms with Crippen molar-refractivity contribution in [3.05, 3.63) is 52.5 Å². The van der Waals surface area contributed by atoms with Gasteiger partial charge in [0.1, 0.15) is 5.75 Å². The molecule has 2 aromatic rings. The summed E-state index contributed by atoms with van der Waals surface area (Å²) in [4.78, 5) is 0. The van der Waals surface area contributed by atoms with Gasteiger partial charge >= 0.3 is 0 Å². The molecule has 0 heterocycles. The number of rotatable bonds is 4. The van der Waals surface area contributed by atoms with Crippen LogP contribution in [0.1, 0.15) is 32.8 Å². The van der Waals surface area contributed by atoms with Crippen LogP contribution in [-0.4, -0.2) is 0 Å². The number of anilines is 1. The Hall–Kier alpha value is -1.48. The normalized spacial score (nSPS) is 11.4. The van der Waals surface area contributed by atoms with Gasteiger partial charge in [0.05, 0.1) is 5.69 Å². The molecule has 0 aromatic heterocycles. The number of benzene rings is 2. The minimum atomic E-state index is 0.188. The van der Waals surface area contributed by atoms with Gasteiger partial charge in [-0.25, -0.2) is 0 Å². The Morgan fingerprint density at radius 3 is 2.35 bits per heavy atom. The van der Waals surface area contributed by atoms with Gasteiger partial charge in [0.15, 0.2) is 5.75 Å². The van der Waals surface area contributed by atoms with Crippen LogP contribution >= 0.6 is 15.9 Å². The molecule has 0 spiro atoms. The van der Waals surface area contributed by atoms with E-state index >= 15 is 0 Å². The molecule has 2 rings (SSSR count). The molecule has 2 N–H and O–H groups in total. The highest BCUT2D eigenvalue weighted by molar-refractivity contribution is 9.10. The molecule has 3 heteroatoms. The van der Waals surface area contributed by atoms with Gasteiger partial charge in [-0.05, 0) is 47.7 Å². The molecule has 0 bridgehead atoms. The Balaban J connectivity index is 2.21. The summed E-state index contributed by atoms with van der Waals surface area (Å²) in [5.74, 6) is 1.47. The van der Waals surface area contributed by atoms with Crippen LogP contribution in [0, 0.1) is 0 Å². The number of ether oxygens (including phenoxy) is 1. The first-order valence-corrected chi connectivity index (χ1v) is 7.55. The maximum Gasteiger partial charge on any atom is 0.151 e. The molecule has 2 nitrogen and oxygen atoms in total. The zero-order valence-electron chi connectivity index (χ0n) is 12.1. The van der Waals surface area contributed by atoms with Gasteiger partial charge in [-0.1, -0.05) is 48.8 Å². The van der Waals surface area contributed by atoms with Crippen molar-refractivity contribution in [2.75, 3.05) is 5.73 Å². The molecule has 0 fully saturated rings. The fourth-order valence-electron chi connectivity index (χ4n) is 1.90. The summed E-state index contributed by atoms with van der Waals surface area (Å²) in [6.07, 6.45) is 1.10. The molecule has 0 aliphatic rings. The van der Waals surface area contributed by atoms with Crippen molar-refractivity contribution in [1.29, 1.82) is 0 Å². The highest BCUT2D eigenvalue weighted by Crippen LogP contribution is 2.32. The topological polar surface area (TPSA) is 35.2 Å². The number of nitrogen functional groups attached to an aromatic ring is 1. The minimum absolute atomic E-state index is 0.188. The smallest absolute Gasteiger partial charge is 0.151 e. The predicted molar refractivity (Wildman–Crippen MR) is 88.4 cm³/mol. The molecule has 0 saturated heterocycles.